The molecule has 1 heterocycles. The van der Waals surface area contributed by atoms with Crippen LogP contribution in [0.15, 0.2) is 24.3 Å². The van der Waals surface area contributed by atoms with Gasteiger partial charge in [0.2, 0.25) is 0 Å². The van der Waals surface area contributed by atoms with Crippen molar-refractivity contribution in [3.8, 4) is 0 Å². The molecule has 0 unspecified atom stereocenters. The number of hydrogen-bond acceptors (Lipinski definition) is 3. The smallest absolute Gasteiger partial charge is 0.319 e. The summed E-state index contributed by atoms with van der Waals surface area (Å²) in [6.45, 7) is 4.63. The average molecular weight is 310 g/mol. The van der Waals surface area contributed by atoms with E-state index in [9.17, 15) is 13.2 Å². The zero-order chi connectivity index (χ0) is 15.5. The molecule has 1 aliphatic rings. The van der Waals surface area contributed by atoms with Crippen molar-refractivity contribution in [2.24, 2.45) is 5.92 Å². The number of anilines is 1. The van der Waals surface area contributed by atoms with Crippen molar-refractivity contribution in [1.82, 2.24) is 5.32 Å². The van der Waals surface area contributed by atoms with Crippen molar-refractivity contribution in [2.45, 2.75) is 26.2 Å². The van der Waals surface area contributed by atoms with E-state index < -0.39 is 9.84 Å². The van der Waals surface area contributed by atoms with E-state index in [1.165, 1.54) is 5.56 Å². The standard InChI is InChI=1S/C15H22N2O3S/c1-11(2)13-3-5-14(6-4-13)17-15(18)16-9-12-7-8-21(19,20)10-12/h3-6,11-12H,7-10H2,1-2H3,(H2,16,17,18)/t12-/m1/s1. The number of amides is 2. The summed E-state index contributed by atoms with van der Waals surface area (Å²) in [4.78, 5) is 11.8. The van der Waals surface area contributed by atoms with Gasteiger partial charge in [0.15, 0.2) is 9.84 Å². The predicted molar refractivity (Wildman–Crippen MR) is 84.3 cm³/mol. The molecule has 0 aliphatic carbocycles. The summed E-state index contributed by atoms with van der Waals surface area (Å²) in [5.41, 5.74) is 1.95. The number of nitrogens with one attached hydrogen (secondary N) is 2. The summed E-state index contributed by atoms with van der Waals surface area (Å²) >= 11 is 0. The molecule has 1 aromatic rings. The first-order valence-corrected chi connectivity index (χ1v) is 9.03. The molecule has 1 saturated heterocycles. The Morgan fingerprint density at radius 1 is 1.29 bits per heavy atom. The van der Waals surface area contributed by atoms with E-state index in [2.05, 4.69) is 24.5 Å². The Kier molecular flexibility index (Phi) is 4.88. The number of sulfone groups is 1. The van der Waals surface area contributed by atoms with Crippen LogP contribution in [0.3, 0.4) is 0 Å². The number of benzene rings is 1. The minimum atomic E-state index is -2.89. The monoisotopic (exact) mass is 310 g/mol. The van der Waals surface area contributed by atoms with Crippen LogP contribution < -0.4 is 10.6 Å². The van der Waals surface area contributed by atoms with Crippen LogP contribution in [0, 0.1) is 5.92 Å². The molecule has 116 valence electrons. The molecular weight excluding hydrogens is 288 g/mol. The molecule has 0 radical (unpaired) electrons. The fourth-order valence-electron chi connectivity index (χ4n) is 2.40. The first-order valence-electron chi connectivity index (χ1n) is 7.21. The van der Waals surface area contributed by atoms with Crippen LogP contribution in [0.1, 0.15) is 31.7 Å². The largest absolute Gasteiger partial charge is 0.338 e. The van der Waals surface area contributed by atoms with Crippen molar-refractivity contribution in [1.29, 1.82) is 0 Å². The second-order valence-electron chi connectivity index (χ2n) is 5.88. The third-order valence-corrected chi connectivity index (χ3v) is 5.55. The summed E-state index contributed by atoms with van der Waals surface area (Å²) < 4.78 is 22.7. The normalized spacial score (nSPS) is 20.4. The Morgan fingerprint density at radius 2 is 1.95 bits per heavy atom. The van der Waals surface area contributed by atoms with E-state index in [1.54, 1.807) is 0 Å². The molecule has 6 heteroatoms. The molecule has 1 aromatic carbocycles. The fraction of sp³-hybridized carbons (Fsp3) is 0.533. The van der Waals surface area contributed by atoms with Crippen molar-refractivity contribution < 1.29 is 13.2 Å². The maximum absolute atomic E-state index is 11.8. The van der Waals surface area contributed by atoms with E-state index >= 15 is 0 Å². The van der Waals surface area contributed by atoms with Crippen molar-refractivity contribution in [2.75, 3.05) is 23.4 Å². The molecule has 2 amide bonds. The lowest BCUT2D eigenvalue weighted by molar-refractivity contribution is 0.250. The first kappa shape index (κ1) is 15.8. The lowest BCUT2D eigenvalue weighted by Crippen LogP contribution is -2.33. The van der Waals surface area contributed by atoms with Gasteiger partial charge in [0.05, 0.1) is 11.5 Å². The number of rotatable bonds is 4. The summed E-state index contributed by atoms with van der Waals surface area (Å²) in [5, 5.41) is 5.49. The first-order chi connectivity index (χ1) is 9.85. The lowest BCUT2D eigenvalue weighted by Gasteiger charge is -2.12. The zero-order valence-electron chi connectivity index (χ0n) is 12.4. The highest BCUT2D eigenvalue weighted by atomic mass is 32.2. The molecule has 0 saturated carbocycles. The Labute approximate surface area is 126 Å². The minimum Gasteiger partial charge on any atom is -0.338 e. The van der Waals surface area contributed by atoms with Crippen molar-refractivity contribution >= 4 is 21.6 Å². The Hall–Kier alpha value is -1.56. The zero-order valence-corrected chi connectivity index (χ0v) is 13.2. The molecule has 21 heavy (non-hydrogen) atoms. The van der Waals surface area contributed by atoms with Crippen LogP contribution in [-0.4, -0.2) is 32.5 Å². The second kappa shape index (κ2) is 6.47. The maximum atomic E-state index is 11.8. The van der Waals surface area contributed by atoms with Gasteiger partial charge in [-0.2, -0.15) is 0 Å². The van der Waals surface area contributed by atoms with E-state index in [4.69, 9.17) is 0 Å². The number of carbonyl (C=O) groups is 1. The van der Waals surface area contributed by atoms with Gasteiger partial charge in [-0.1, -0.05) is 26.0 Å². The summed E-state index contributed by atoms with van der Waals surface area (Å²) in [5.74, 6) is 0.898. The molecule has 0 bridgehead atoms. The molecule has 2 rings (SSSR count). The molecule has 2 N–H and O–H groups in total. The second-order valence-corrected chi connectivity index (χ2v) is 8.11. The average Bonchev–Trinajstić information content (AvgIpc) is 2.77. The molecule has 1 fully saturated rings. The topological polar surface area (TPSA) is 75.3 Å². The number of hydrogen-bond donors (Lipinski definition) is 2. The van der Waals surface area contributed by atoms with Gasteiger partial charge in [-0.05, 0) is 36.0 Å². The molecule has 0 aromatic heterocycles. The molecule has 0 spiro atoms. The van der Waals surface area contributed by atoms with Gasteiger partial charge in [0.25, 0.3) is 0 Å². The van der Waals surface area contributed by atoms with Crippen LogP contribution in [-0.2, 0) is 9.84 Å². The van der Waals surface area contributed by atoms with Gasteiger partial charge in [-0.3, -0.25) is 0 Å². The molecule has 1 atom stereocenters. The highest BCUT2D eigenvalue weighted by molar-refractivity contribution is 7.91. The van der Waals surface area contributed by atoms with Crippen LogP contribution in [0.5, 0.6) is 0 Å². The molecule has 1 aliphatic heterocycles. The van der Waals surface area contributed by atoms with Gasteiger partial charge in [0, 0.05) is 12.2 Å². The van der Waals surface area contributed by atoms with Gasteiger partial charge in [-0.15, -0.1) is 0 Å². The van der Waals surface area contributed by atoms with Gasteiger partial charge < -0.3 is 10.6 Å². The molecular formula is C15H22N2O3S. The highest BCUT2D eigenvalue weighted by Crippen LogP contribution is 2.18. The Bertz CT molecular complexity index is 594. The number of urea groups is 1. The quantitative estimate of drug-likeness (QED) is 0.896. The Balaban J connectivity index is 1.79. The van der Waals surface area contributed by atoms with Crippen LogP contribution >= 0.6 is 0 Å². The Morgan fingerprint density at radius 3 is 2.48 bits per heavy atom. The highest BCUT2D eigenvalue weighted by Gasteiger charge is 2.27. The minimum absolute atomic E-state index is 0.0315. The van der Waals surface area contributed by atoms with Crippen LogP contribution in [0.2, 0.25) is 0 Å². The van der Waals surface area contributed by atoms with E-state index in [0.29, 0.717) is 18.9 Å². The van der Waals surface area contributed by atoms with Gasteiger partial charge >= 0.3 is 6.03 Å². The molecule has 5 nitrogen and oxygen atoms in total. The maximum Gasteiger partial charge on any atom is 0.319 e. The van der Waals surface area contributed by atoms with Crippen LogP contribution in [0.4, 0.5) is 10.5 Å². The van der Waals surface area contributed by atoms with E-state index in [1.807, 2.05) is 24.3 Å². The van der Waals surface area contributed by atoms with Crippen LogP contribution in [0.25, 0.3) is 0 Å². The van der Waals surface area contributed by atoms with Crippen molar-refractivity contribution in [3.05, 3.63) is 29.8 Å². The van der Waals surface area contributed by atoms with Crippen molar-refractivity contribution in [3.63, 3.8) is 0 Å². The lowest BCUT2D eigenvalue weighted by atomic mass is 10.0. The van der Waals surface area contributed by atoms with Gasteiger partial charge in [0.1, 0.15) is 0 Å². The predicted octanol–water partition coefficient (Wildman–Crippen LogP) is 2.37. The summed E-state index contributed by atoms with van der Waals surface area (Å²) in [6, 6.07) is 7.42. The third kappa shape index (κ3) is 4.74. The van der Waals surface area contributed by atoms with E-state index in [-0.39, 0.29) is 23.5 Å². The van der Waals surface area contributed by atoms with E-state index in [0.717, 1.165) is 5.69 Å². The third-order valence-electron chi connectivity index (χ3n) is 3.71. The number of carbonyl (C=O) groups excluding carboxylic acids is 1. The summed E-state index contributed by atoms with van der Waals surface area (Å²) in [6.07, 6.45) is 0.631. The summed E-state index contributed by atoms with van der Waals surface area (Å²) in [7, 11) is -2.89. The van der Waals surface area contributed by atoms with Gasteiger partial charge in [-0.25, -0.2) is 13.2 Å². The fourth-order valence-corrected chi connectivity index (χ4v) is 4.26. The SMILES string of the molecule is CC(C)c1ccc(NC(=O)NC[C@H]2CCS(=O)(=O)C2)cc1.